The molecule has 0 N–H and O–H groups in total. The Labute approximate surface area is 166 Å². The van der Waals surface area contributed by atoms with Crippen molar-refractivity contribution in [2.45, 2.75) is 12.7 Å². The second-order valence-corrected chi connectivity index (χ2v) is 6.95. The molecule has 0 saturated carbocycles. The Kier molecular flexibility index (Phi) is 5.25. The van der Waals surface area contributed by atoms with Gasteiger partial charge in [-0.15, -0.1) is 0 Å². The number of alkyl halides is 3. The third-order valence-corrected chi connectivity index (χ3v) is 4.90. The zero-order valence-corrected chi connectivity index (χ0v) is 15.5. The van der Waals surface area contributed by atoms with E-state index in [0.29, 0.717) is 10.5 Å². The fraction of sp³-hybridized carbons (Fsp3) is 0.111. The molecule has 0 atom stereocenters. The maximum atomic E-state index is 13.5. The van der Waals surface area contributed by atoms with Crippen LogP contribution in [0.3, 0.4) is 0 Å². The molecule has 0 aromatic heterocycles. The first-order chi connectivity index (χ1) is 12.6. The van der Waals surface area contributed by atoms with E-state index in [1.807, 2.05) is 0 Å². The Hall–Kier alpha value is -2.02. The van der Waals surface area contributed by atoms with E-state index in [-0.39, 0.29) is 27.2 Å². The van der Waals surface area contributed by atoms with Gasteiger partial charge in [0.1, 0.15) is 5.57 Å². The maximum absolute atomic E-state index is 13.5. The summed E-state index contributed by atoms with van der Waals surface area (Å²) in [6.45, 7) is -0.370. The zero-order chi connectivity index (χ0) is 19.9. The number of imide groups is 1. The Morgan fingerprint density at radius 1 is 0.852 bits per heavy atom. The molecule has 2 amide bonds. The van der Waals surface area contributed by atoms with Crippen LogP contribution in [-0.2, 0) is 16.1 Å². The summed E-state index contributed by atoms with van der Waals surface area (Å²) in [6.07, 6.45) is -4.99. The van der Waals surface area contributed by atoms with E-state index in [1.54, 1.807) is 0 Å². The van der Waals surface area contributed by atoms with Gasteiger partial charge in [-0.1, -0.05) is 53.0 Å². The molecule has 140 valence electrons. The molecule has 0 radical (unpaired) electrons. The third-order valence-electron chi connectivity index (χ3n) is 3.91. The van der Waals surface area contributed by atoms with Gasteiger partial charge in [-0.25, -0.2) is 0 Å². The summed E-state index contributed by atoms with van der Waals surface area (Å²) < 4.78 is 40.5. The molecule has 0 saturated heterocycles. The van der Waals surface area contributed by atoms with Crippen molar-refractivity contribution in [3.05, 3.63) is 74.2 Å². The lowest BCUT2D eigenvalue weighted by atomic mass is 10.0. The first-order valence-corrected chi connectivity index (χ1v) is 8.60. The number of rotatable bonds is 3. The van der Waals surface area contributed by atoms with Crippen LogP contribution in [-0.4, -0.2) is 22.9 Å². The van der Waals surface area contributed by atoms with E-state index in [1.165, 1.54) is 42.5 Å². The van der Waals surface area contributed by atoms with Crippen molar-refractivity contribution in [2.75, 3.05) is 0 Å². The first kappa shape index (κ1) is 19.7. The number of halogens is 6. The highest BCUT2D eigenvalue weighted by Crippen LogP contribution is 2.40. The van der Waals surface area contributed by atoms with Gasteiger partial charge in [0.05, 0.1) is 22.2 Å². The lowest BCUT2D eigenvalue weighted by Crippen LogP contribution is -2.33. The van der Waals surface area contributed by atoms with Crippen molar-refractivity contribution in [2.24, 2.45) is 0 Å². The number of carbonyl (C=O) groups is 2. The van der Waals surface area contributed by atoms with Gasteiger partial charge in [0.15, 0.2) is 0 Å². The molecule has 3 nitrogen and oxygen atoms in total. The normalized spacial score (nSPS) is 15.1. The topological polar surface area (TPSA) is 37.4 Å². The van der Waals surface area contributed by atoms with Gasteiger partial charge < -0.3 is 0 Å². The summed E-state index contributed by atoms with van der Waals surface area (Å²) in [4.78, 5) is 25.6. The van der Waals surface area contributed by atoms with Crippen LogP contribution in [0.5, 0.6) is 0 Å². The number of hydrogen-bond acceptors (Lipinski definition) is 2. The molecule has 0 fully saturated rings. The van der Waals surface area contributed by atoms with Crippen LogP contribution >= 0.6 is 34.8 Å². The van der Waals surface area contributed by atoms with Gasteiger partial charge in [-0.3, -0.25) is 14.5 Å². The molecule has 3 rings (SSSR count). The van der Waals surface area contributed by atoms with Crippen LogP contribution in [0, 0.1) is 0 Å². The average molecular weight is 435 g/mol. The molecule has 0 bridgehead atoms. The van der Waals surface area contributed by atoms with E-state index >= 15 is 0 Å². The molecular formula is C18H9Cl3F3NO2. The maximum Gasteiger partial charge on any atom is 0.422 e. The minimum absolute atomic E-state index is 0.0401. The fourth-order valence-electron chi connectivity index (χ4n) is 2.69. The van der Waals surface area contributed by atoms with Crippen molar-refractivity contribution in [3.8, 4) is 0 Å². The average Bonchev–Trinajstić information content (AvgIpc) is 2.83. The molecule has 27 heavy (non-hydrogen) atoms. The molecule has 1 aliphatic heterocycles. The third kappa shape index (κ3) is 3.83. The number of carbonyl (C=O) groups excluding carboxylic acids is 2. The molecule has 0 aliphatic carbocycles. The van der Waals surface area contributed by atoms with Crippen molar-refractivity contribution in [3.63, 3.8) is 0 Å². The number of nitrogens with zero attached hydrogens (tertiary/aromatic N) is 1. The standard InChI is InChI=1S/C18H9Cl3F3NO2/c19-11-4-2-10(3-5-11)14-15(18(22,23)24)17(27)25(16(14)26)8-9-1-6-12(20)13(21)7-9/h1-7H,8H2. The molecule has 1 aliphatic rings. The lowest BCUT2D eigenvalue weighted by molar-refractivity contribution is -0.142. The Balaban J connectivity index is 2.03. The lowest BCUT2D eigenvalue weighted by Gasteiger charge is -2.16. The second kappa shape index (κ2) is 7.19. The van der Waals surface area contributed by atoms with E-state index in [9.17, 15) is 22.8 Å². The molecule has 1 heterocycles. The Morgan fingerprint density at radius 3 is 2.04 bits per heavy atom. The van der Waals surface area contributed by atoms with E-state index in [2.05, 4.69) is 0 Å². The minimum atomic E-state index is -4.99. The number of benzene rings is 2. The SMILES string of the molecule is O=C1C(c2ccc(Cl)cc2)=C(C(F)(F)F)C(=O)N1Cc1ccc(Cl)c(Cl)c1. The monoisotopic (exact) mass is 433 g/mol. The summed E-state index contributed by atoms with van der Waals surface area (Å²) >= 11 is 17.4. The van der Waals surface area contributed by atoms with E-state index in [4.69, 9.17) is 34.8 Å². The van der Waals surface area contributed by atoms with Crippen LogP contribution in [0.4, 0.5) is 13.2 Å². The van der Waals surface area contributed by atoms with Crippen LogP contribution in [0.25, 0.3) is 5.57 Å². The smallest absolute Gasteiger partial charge is 0.270 e. The number of amides is 2. The van der Waals surface area contributed by atoms with Gasteiger partial charge in [0, 0.05) is 5.02 Å². The highest BCUT2D eigenvalue weighted by molar-refractivity contribution is 6.42. The van der Waals surface area contributed by atoms with Gasteiger partial charge in [-0.2, -0.15) is 13.2 Å². The molecule has 0 spiro atoms. The van der Waals surface area contributed by atoms with Crippen LogP contribution < -0.4 is 0 Å². The molecule has 0 unspecified atom stereocenters. The van der Waals surface area contributed by atoms with Gasteiger partial charge >= 0.3 is 6.18 Å². The number of hydrogen-bond donors (Lipinski definition) is 0. The highest BCUT2D eigenvalue weighted by atomic mass is 35.5. The molecule has 2 aromatic rings. The van der Waals surface area contributed by atoms with E-state index < -0.39 is 29.1 Å². The Bertz CT molecular complexity index is 969. The summed E-state index contributed by atoms with van der Waals surface area (Å²) in [5, 5.41) is 0.697. The molecule has 2 aromatic carbocycles. The van der Waals surface area contributed by atoms with Crippen molar-refractivity contribution in [1.29, 1.82) is 0 Å². The summed E-state index contributed by atoms with van der Waals surface area (Å²) in [6, 6.07) is 9.51. The zero-order valence-electron chi connectivity index (χ0n) is 13.3. The molecular weight excluding hydrogens is 426 g/mol. The highest BCUT2D eigenvalue weighted by Gasteiger charge is 2.51. The van der Waals surface area contributed by atoms with Gasteiger partial charge in [0.25, 0.3) is 11.8 Å². The first-order valence-electron chi connectivity index (χ1n) is 7.47. The van der Waals surface area contributed by atoms with Crippen molar-refractivity contribution in [1.82, 2.24) is 4.90 Å². The predicted octanol–water partition coefficient (Wildman–Crippen LogP) is 5.53. The summed E-state index contributed by atoms with van der Waals surface area (Å²) in [7, 11) is 0. The van der Waals surface area contributed by atoms with Crippen molar-refractivity contribution < 1.29 is 22.8 Å². The van der Waals surface area contributed by atoms with Crippen LogP contribution in [0.2, 0.25) is 15.1 Å². The Morgan fingerprint density at radius 2 is 1.48 bits per heavy atom. The van der Waals surface area contributed by atoms with Gasteiger partial charge in [0.2, 0.25) is 0 Å². The summed E-state index contributed by atoms with van der Waals surface area (Å²) in [5.74, 6) is -2.45. The largest absolute Gasteiger partial charge is 0.422 e. The minimum Gasteiger partial charge on any atom is -0.270 e. The van der Waals surface area contributed by atoms with Crippen LogP contribution in [0.1, 0.15) is 11.1 Å². The summed E-state index contributed by atoms with van der Waals surface area (Å²) in [5.41, 5.74) is -1.88. The van der Waals surface area contributed by atoms with E-state index in [0.717, 1.165) is 0 Å². The molecule has 9 heteroatoms. The van der Waals surface area contributed by atoms with Crippen molar-refractivity contribution >= 4 is 52.2 Å². The van der Waals surface area contributed by atoms with Crippen LogP contribution in [0.15, 0.2) is 48.0 Å². The van der Waals surface area contributed by atoms with Gasteiger partial charge in [-0.05, 0) is 35.4 Å². The predicted molar refractivity (Wildman–Crippen MR) is 96.4 cm³/mol. The fourth-order valence-corrected chi connectivity index (χ4v) is 3.13. The second-order valence-electron chi connectivity index (χ2n) is 5.70. The quantitative estimate of drug-likeness (QED) is 0.596.